The second-order valence-corrected chi connectivity index (χ2v) is 8.66. The molecular formula is C26H30N4O3. The Morgan fingerprint density at radius 3 is 2.52 bits per heavy atom. The highest BCUT2D eigenvalue weighted by atomic mass is 16.5. The fourth-order valence-corrected chi connectivity index (χ4v) is 4.19. The molecule has 0 unspecified atom stereocenters. The van der Waals surface area contributed by atoms with Crippen LogP contribution in [0.5, 0.6) is 5.75 Å². The first-order valence-corrected chi connectivity index (χ1v) is 11.3. The van der Waals surface area contributed by atoms with Gasteiger partial charge in [-0.05, 0) is 36.2 Å². The monoisotopic (exact) mass is 446 g/mol. The molecule has 0 spiro atoms. The number of fused-ring (bicyclic) bond motifs is 1. The molecule has 0 bridgehead atoms. The van der Waals surface area contributed by atoms with Gasteiger partial charge in [0.2, 0.25) is 5.91 Å². The molecule has 1 aromatic heterocycles. The Hall–Kier alpha value is -3.45. The number of nitrogens with zero attached hydrogens (tertiary/aromatic N) is 3. The van der Waals surface area contributed by atoms with Gasteiger partial charge in [0, 0.05) is 36.8 Å². The molecule has 1 aliphatic heterocycles. The molecule has 0 atom stereocenters. The van der Waals surface area contributed by atoms with Crippen molar-refractivity contribution in [2.75, 3.05) is 19.0 Å². The Bertz CT molecular complexity index is 1170. The molecule has 0 aliphatic carbocycles. The predicted molar refractivity (Wildman–Crippen MR) is 128 cm³/mol. The molecular weight excluding hydrogens is 416 g/mol. The molecule has 7 heteroatoms. The summed E-state index contributed by atoms with van der Waals surface area (Å²) >= 11 is 0. The van der Waals surface area contributed by atoms with E-state index in [1.165, 1.54) is 10.1 Å². The maximum Gasteiger partial charge on any atom is 0.257 e. The average Bonchev–Trinajstić information content (AvgIpc) is 2.81. The highest BCUT2D eigenvalue weighted by molar-refractivity contribution is 5.90. The summed E-state index contributed by atoms with van der Waals surface area (Å²) in [5.41, 5.74) is 3.35. The largest absolute Gasteiger partial charge is 0.497 e. The lowest BCUT2D eigenvalue weighted by atomic mass is 10.0. The lowest BCUT2D eigenvalue weighted by molar-refractivity contribution is -0.116. The first-order chi connectivity index (χ1) is 15.9. The van der Waals surface area contributed by atoms with Crippen molar-refractivity contribution in [3.05, 3.63) is 87.6 Å². The second kappa shape index (κ2) is 10.0. The number of amides is 1. The standard InChI is InChI=1S/C26H30N4O3/c1-18(2)25-28-23-16-29(15-19-7-5-4-6-8-19)14-13-22(23)26(32)30(25)17-24(31)27-20-9-11-21(33-3)12-10-20/h4-12,18H,13-17H2,1-3H3,(H,27,31). The Kier molecular flexibility index (Phi) is 6.89. The van der Waals surface area contributed by atoms with Crippen molar-refractivity contribution in [1.29, 1.82) is 0 Å². The third-order valence-electron chi connectivity index (χ3n) is 5.87. The van der Waals surface area contributed by atoms with E-state index in [9.17, 15) is 9.59 Å². The van der Waals surface area contributed by atoms with Crippen molar-refractivity contribution < 1.29 is 9.53 Å². The third kappa shape index (κ3) is 5.31. The van der Waals surface area contributed by atoms with E-state index in [1.54, 1.807) is 31.4 Å². The number of benzene rings is 2. The van der Waals surface area contributed by atoms with Crippen molar-refractivity contribution in [1.82, 2.24) is 14.5 Å². The van der Waals surface area contributed by atoms with E-state index >= 15 is 0 Å². The fraction of sp³-hybridized carbons (Fsp3) is 0.346. The van der Waals surface area contributed by atoms with Gasteiger partial charge in [0.05, 0.1) is 12.8 Å². The van der Waals surface area contributed by atoms with Crippen LogP contribution in [-0.4, -0.2) is 34.0 Å². The van der Waals surface area contributed by atoms with Crippen LogP contribution in [0.15, 0.2) is 59.4 Å². The highest BCUT2D eigenvalue weighted by Gasteiger charge is 2.25. The molecule has 1 aliphatic rings. The molecule has 0 saturated carbocycles. The summed E-state index contributed by atoms with van der Waals surface area (Å²) in [6.07, 6.45) is 0.631. The zero-order valence-corrected chi connectivity index (χ0v) is 19.4. The van der Waals surface area contributed by atoms with E-state index in [-0.39, 0.29) is 23.9 Å². The Morgan fingerprint density at radius 2 is 1.85 bits per heavy atom. The van der Waals surface area contributed by atoms with E-state index in [4.69, 9.17) is 9.72 Å². The summed E-state index contributed by atoms with van der Waals surface area (Å²) in [4.78, 5) is 33.3. The smallest absolute Gasteiger partial charge is 0.257 e. The van der Waals surface area contributed by atoms with Gasteiger partial charge in [-0.1, -0.05) is 44.2 Å². The maximum atomic E-state index is 13.4. The minimum atomic E-state index is -0.257. The normalized spacial score (nSPS) is 13.6. The molecule has 1 N–H and O–H groups in total. The number of aromatic nitrogens is 2. The number of hydrogen-bond acceptors (Lipinski definition) is 5. The minimum Gasteiger partial charge on any atom is -0.497 e. The van der Waals surface area contributed by atoms with Crippen LogP contribution in [0.3, 0.4) is 0 Å². The molecule has 2 heterocycles. The van der Waals surface area contributed by atoms with E-state index < -0.39 is 0 Å². The highest BCUT2D eigenvalue weighted by Crippen LogP contribution is 2.20. The van der Waals surface area contributed by atoms with Crippen LogP contribution in [0.1, 0.15) is 42.4 Å². The lowest BCUT2D eigenvalue weighted by Crippen LogP contribution is -2.40. The molecule has 3 aromatic rings. The van der Waals surface area contributed by atoms with Gasteiger partial charge in [0.25, 0.3) is 5.56 Å². The van der Waals surface area contributed by atoms with Crippen LogP contribution in [0.25, 0.3) is 0 Å². The number of hydrogen-bond donors (Lipinski definition) is 1. The number of anilines is 1. The van der Waals surface area contributed by atoms with E-state index in [0.29, 0.717) is 30.2 Å². The number of carbonyl (C=O) groups is 1. The van der Waals surface area contributed by atoms with Crippen molar-refractivity contribution in [2.45, 2.75) is 45.8 Å². The SMILES string of the molecule is COc1ccc(NC(=O)Cn2c(C(C)C)nc3c(c2=O)CCN(Cc2ccccc2)C3)cc1. The summed E-state index contributed by atoms with van der Waals surface area (Å²) in [6, 6.07) is 17.4. The topological polar surface area (TPSA) is 76.5 Å². The first kappa shape index (κ1) is 22.7. The van der Waals surface area contributed by atoms with Crippen LogP contribution >= 0.6 is 0 Å². The number of rotatable bonds is 7. The summed E-state index contributed by atoms with van der Waals surface area (Å²) in [7, 11) is 1.59. The van der Waals surface area contributed by atoms with E-state index in [1.807, 2.05) is 32.0 Å². The van der Waals surface area contributed by atoms with Gasteiger partial charge in [-0.15, -0.1) is 0 Å². The van der Waals surface area contributed by atoms with Gasteiger partial charge in [-0.3, -0.25) is 19.1 Å². The number of ether oxygens (including phenoxy) is 1. The molecule has 33 heavy (non-hydrogen) atoms. The summed E-state index contributed by atoms with van der Waals surface area (Å²) in [5, 5.41) is 2.86. The molecule has 4 rings (SSSR count). The zero-order valence-electron chi connectivity index (χ0n) is 19.4. The molecule has 1 amide bonds. The maximum absolute atomic E-state index is 13.4. The van der Waals surface area contributed by atoms with Crippen LogP contribution in [0.4, 0.5) is 5.69 Å². The summed E-state index contributed by atoms with van der Waals surface area (Å²) in [5.74, 6) is 1.12. The van der Waals surface area contributed by atoms with Gasteiger partial charge in [0.1, 0.15) is 18.1 Å². The summed E-state index contributed by atoms with van der Waals surface area (Å²) < 4.78 is 6.69. The van der Waals surface area contributed by atoms with Crippen molar-refractivity contribution in [3.8, 4) is 5.75 Å². The molecule has 7 nitrogen and oxygen atoms in total. The molecule has 172 valence electrons. The number of nitrogens with one attached hydrogen (secondary N) is 1. The van der Waals surface area contributed by atoms with Crippen molar-refractivity contribution in [2.24, 2.45) is 0 Å². The zero-order chi connectivity index (χ0) is 23.4. The van der Waals surface area contributed by atoms with Gasteiger partial charge in [-0.2, -0.15) is 0 Å². The van der Waals surface area contributed by atoms with E-state index in [0.717, 1.165) is 24.3 Å². The molecule has 0 saturated heterocycles. The van der Waals surface area contributed by atoms with Gasteiger partial charge < -0.3 is 10.1 Å². The van der Waals surface area contributed by atoms with Crippen molar-refractivity contribution >= 4 is 11.6 Å². The quantitative estimate of drug-likeness (QED) is 0.600. The lowest BCUT2D eigenvalue weighted by Gasteiger charge is -2.29. The molecule has 2 aromatic carbocycles. The van der Waals surface area contributed by atoms with E-state index in [2.05, 4.69) is 22.3 Å². The Morgan fingerprint density at radius 1 is 1.12 bits per heavy atom. The van der Waals surface area contributed by atoms with Crippen LogP contribution < -0.4 is 15.6 Å². The summed E-state index contributed by atoms with van der Waals surface area (Å²) in [6.45, 7) is 6.18. The van der Waals surface area contributed by atoms with Gasteiger partial charge >= 0.3 is 0 Å². The van der Waals surface area contributed by atoms with Crippen LogP contribution in [0.2, 0.25) is 0 Å². The average molecular weight is 447 g/mol. The number of methoxy groups -OCH3 is 1. The van der Waals surface area contributed by atoms with Crippen LogP contribution in [0, 0.1) is 0 Å². The second-order valence-electron chi connectivity index (χ2n) is 8.66. The minimum absolute atomic E-state index is 0.0151. The van der Waals surface area contributed by atoms with Gasteiger partial charge in [0.15, 0.2) is 0 Å². The van der Waals surface area contributed by atoms with Gasteiger partial charge in [-0.25, -0.2) is 4.98 Å². The third-order valence-corrected chi connectivity index (χ3v) is 5.87. The molecule has 0 fully saturated rings. The fourth-order valence-electron chi connectivity index (χ4n) is 4.19. The Labute approximate surface area is 194 Å². The Balaban J connectivity index is 1.54. The van der Waals surface area contributed by atoms with Crippen LogP contribution in [-0.2, 0) is 30.8 Å². The predicted octanol–water partition coefficient (Wildman–Crippen LogP) is 3.57. The number of carbonyl (C=O) groups excluding carboxylic acids is 1. The first-order valence-electron chi connectivity index (χ1n) is 11.3. The molecule has 0 radical (unpaired) electrons. The van der Waals surface area contributed by atoms with Crippen molar-refractivity contribution in [3.63, 3.8) is 0 Å².